The largest absolute Gasteiger partial charge is 0.309 e. The summed E-state index contributed by atoms with van der Waals surface area (Å²) in [5.74, 6) is 0. The van der Waals surface area contributed by atoms with Gasteiger partial charge in [0.25, 0.3) is 0 Å². The molecular formula is C37H27N3. The number of para-hydroxylation sites is 1. The van der Waals surface area contributed by atoms with Crippen molar-refractivity contribution in [2.45, 2.75) is 13.8 Å². The van der Waals surface area contributed by atoms with Crippen LogP contribution < -0.4 is 0 Å². The summed E-state index contributed by atoms with van der Waals surface area (Å²) in [6.07, 6.45) is 1.85. The van der Waals surface area contributed by atoms with E-state index in [1.807, 2.05) is 18.3 Å². The maximum Gasteiger partial charge on any atom is 0.0702 e. The van der Waals surface area contributed by atoms with E-state index >= 15 is 0 Å². The highest BCUT2D eigenvalue weighted by Crippen LogP contribution is 2.40. The fourth-order valence-electron chi connectivity index (χ4n) is 6.18. The zero-order chi connectivity index (χ0) is 26.8. The van der Waals surface area contributed by atoms with Crippen LogP contribution in [0.2, 0.25) is 0 Å². The highest BCUT2D eigenvalue weighted by molar-refractivity contribution is 6.19. The monoisotopic (exact) mass is 513 g/mol. The Morgan fingerprint density at radius 3 is 1.98 bits per heavy atom. The van der Waals surface area contributed by atoms with E-state index in [4.69, 9.17) is 0 Å². The first-order valence-corrected chi connectivity index (χ1v) is 13.7. The number of fused-ring (bicyclic) bond motifs is 6. The minimum Gasteiger partial charge on any atom is -0.309 e. The van der Waals surface area contributed by atoms with Crippen LogP contribution in [0.1, 0.15) is 11.1 Å². The van der Waals surface area contributed by atoms with Crippen molar-refractivity contribution >= 4 is 43.6 Å². The maximum absolute atomic E-state index is 4.61. The summed E-state index contributed by atoms with van der Waals surface area (Å²) in [7, 11) is 0. The number of pyridine rings is 1. The number of rotatable bonds is 3. The molecule has 0 fully saturated rings. The van der Waals surface area contributed by atoms with Crippen molar-refractivity contribution in [1.29, 1.82) is 0 Å². The first kappa shape index (κ1) is 22.8. The number of benzene rings is 5. The molecule has 0 unspecified atom stereocenters. The Kier molecular flexibility index (Phi) is 4.95. The van der Waals surface area contributed by atoms with Crippen LogP contribution in [0.15, 0.2) is 128 Å². The lowest BCUT2D eigenvalue weighted by Crippen LogP contribution is -1.96. The van der Waals surface area contributed by atoms with Crippen LogP contribution in [-0.2, 0) is 0 Å². The summed E-state index contributed by atoms with van der Waals surface area (Å²) in [5, 5.41) is 5.07. The first-order chi connectivity index (χ1) is 19.7. The lowest BCUT2D eigenvalue weighted by molar-refractivity contribution is 1.16. The normalized spacial score (nSPS) is 11.8. The molecule has 0 aliphatic rings. The standard InChI is InChI=1S/C37H27N3/c1-24-13-16-27(17-14-24)39-35-18-15-25(2)20-30(35)32-22-31-29-10-3-4-12-34(29)40(36(31)23-37(32)39)28-9-7-8-26(21-28)33-11-5-6-19-38-33/h3-23H,1-2H3. The Morgan fingerprint density at radius 1 is 0.450 bits per heavy atom. The van der Waals surface area contributed by atoms with E-state index in [1.54, 1.807) is 0 Å². The van der Waals surface area contributed by atoms with Crippen molar-refractivity contribution in [3.8, 4) is 22.6 Å². The van der Waals surface area contributed by atoms with Gasteiger partial charge in [-0.1, -0.05) is 65.7 Å². The summed E-state index contributed by atoms with van der Waals surface area (Å²) in [6.45, 7) is 4.31. The molecule has 0 aliphatic carbocycles. The molecule has 0 N–H and O–H groups in total. The molecule has 3 nitrogen and oxygen atoms in total. The Morgan fingerprint density at radius 2 is 1.15 bits per heavy atom. The number of nitrogens with zero attached hydrogens (tertiary/aromatic N) is 3. The zero-order valence-electron chi connectivity index (χ0n) is 22.5. The van der Waals surface area contributed by atoms with Crippen LogP contribution in [0.25, 0.3) is 66.2 Å². The van der Waals surface area contributed by atoms with Crippen LogP contribution >= 0.6 is 0 Å². The molecule has 0 aliphatic heterocycles. The molecule has 0 saturated heterocycles. The molecule has 0 saturated carbocycles. The summed E-state index contributed by atoms with van der Waals surface area (Å²) in [5.41, 5.74) is 11.7. The maximum atomic E-state index is 4.61. The quantitative estimate of drug-likeness (QED) is 0.231. The summed E-state index contributed by atoms with van der Waals surface area (Å²) >= 11 is 0. The van der Waals surface area contributed by atoms with Crippen LogP contribution in [0.3, 0.4) is 0 Å². The molecule has 8 aromatic rings. The molecule has 3 heterocycles. The van der Waals surface area contributed by atoms with Gasteiger partial charge in [0.15, 0.2) is 0 Å². The van der Waals surface area contributed by atoms with E-state index in [0.717, 1.165) is 16.9 Å². The van der Waals surface area contributed by atoms with Gasteiger partial charge in [-0.25, -0.2) is 0 Å². The van der Waals surface area contributed by atoms with Gasteiger partial charge in [-0.15, -0.1) is 0 Å². The van der Waals surface area contributed by atoms with Gasteiger partial charge >= 0.3 is 0 Å². The molecule has 0 amide bonds. The number of aromatic nitrogens is 3. The van der Waals surface area contributed by atoms with Crippen molar-refractivity contribution < 1.29 is 0 Å². The molecule has 0 bridgehead atoms. The van der Waals surface area contributed by atoms with Crippen LogP contribution in [0.5, 0.6) is 0 Å². The van der Waals surface area contributed by atoms with Crippen molar-refractivity contribution in [2.75, 3.05) is 0 Å². The van der Waals surface area contributed by atoms with Gasteiger partial charge in [0, 0.05) is 44.7 Å². The molecule has 190 valence electrons. The van der Waals surface area contributed by atoms with Gasteiger partial charge in [0.05, 0.1) is 27.8 Å². The lowest BCUT2D eigenvalue weighted by atomic mass is 10.1. The number of hydrogen-bond donors (Lipinski definition) is 0. The van der Waals surface area contributed by atoms with Crippen LogP contribution in [-0.4, -0.2) is 14.1 Å². The van der Waals surface area contributed by atoms with E-state index in [2.05, 4.69) is 137 Å². The lowest BCUT2D eigenvalue weighted by Gasteiger charge is -2.11. The Bertz CT molecular complexity index is 2210. The molecule has 0 radical (unpaired) electrons. The average molecular weight is 514 g/mol. The van der Waals surface area contributed by atoms with E-state index < -0.39 is 0 Å². The van der Waals surface area contributed by atoms with Crippen LogP contribution in [0, 0.1) is 13.8 Å². The third kappa shape index (κ3) is 3.41. The van der Waals surface area contributed by atoms with Crippen molar-refractivity contribution in [1.82, 2.24) is 14.1 Å². The van der Waals surface area contributed by atoms with Gasteiger partial charge in [-0.3, -0.25) is 4.98 Å². The Labute approximate surface area is 232 Å². The minimum absolute atomic E-state index is 0.974. The van der Waals surface area contributed by atoms with Gasteiger partial charge in [-0.05, 0) is 80.6 Å². The van der Waals surface area contributed by atoms with Gasteiger partial charge in [-0.2, -0.15) is 0 Å². The molecule has 0 atom stereocenters. The molecule has 5 aromatic carbocycles. The highest BCUT2D eigenvalue weighted by Gasteiger charge is 2.18. The SMILES string of the molecule is Cc1ccc(-n2c3ccc(C)cc3c3cc4c5ccccc5n(-c5cccc(-c6ccccn6)c5)c4cc32)cc1. The fraction of sp³-hybridized carbons (Fsp3) is 0.0541. The first-order valence-electron chi connectivity index (χ1n) is 13.7. The highest BCUT2D eigenvalue weighted by atomic mass is 15.0. The second-order valence-corrected chi connectivity index (χ2v) is 10.7. The van der Waals surface area contributed by atoms with E-state index in [9.17, 15) is 0 Å². The summed E-state index contributed by atoms with van der Waals surface area (Å²) in [4.78, 5) is 4.61. The van der Waals surface area contributed by atoms with E-state index in [1.165, 1.54) is 60.4 Å². The second kappa shape index (κ2) is 8.69. The van der Waals surface area contributed by atoms with Gasteiger partial charge < -0.3 is 9.13 Å². The predicted octanol–water partition coefficient (Wildman–Crippen LogP) is 9.56. The zero-order valence-corrected chi connectivity index (χ0v) is 22.5. The van der Waals surface area contributed by atoms with Crippen LogP contribution in [0.4, 0.5) is 0 Å². The smallest absolute Gasteiger partial charge is 0.0702 e. The summed E-state index contributed by atoms with van der Waals surface area (Å²) in [6, 6.07) is 43.9. The summed E-state index contributed by atoms with van der Waals surface area (Å²) < 4.78 is 4.81. The topological polar surface area (TPSA) is 22.8 Å². The third-order valence-corrected chi connectivity index (χ3v) is 8.07. The second-order valence-electron chi connectivity index (χ2n) is 10.7. The van der Waals surface area contributed by atoms with Gasteiger partial charge in [0.2, 0.25) is 0 Å². The predicted molar refractivity (Wildman–Crippen MR) is 168 cm³/mol. The Hall–Kier alpha value is -5.15. The molecular weight excluding hydrogens is 486 g/mol. The van der Waals surface area contributed by atoms with Crippen molar-refractivity contribution in [2.24, 2.45) is 0 Å². The number of hydrogen-bond acceptors (Lipinski definition) is 1. The Balaban J connectivity index is 1.49. The average Bonchev–Trinajstić information content (AvgIpc) is 3.49. The van der Waals surface area contributed by atoms with Gasteiger partial charge in [0.1, 0.15) is 0 Å². The third-order valence-electron chi connectivity index (χ3n) is 8.07. The molecule has 8 rings (SSSR count). The van der Waals surface area contributed by atoms with E-state index in [0.29, 0.717) is 0 Å². The number of aryl methyl sites for hydroxylation is 2. The van der Waals surface area contributed by atoms with Crippen molar-refractivity contribution in [3.63, 3.8) is 0 Å². The molecule has 3 aromatic heterocycles. The van der Waals surface area contributed by atoms with E-state index in [-0.39, 0.29) is 0 Å². The van der Waals surface area contributed by atoms with Crippen molar-refractivity contribution in [3.05, 3.63) is 139 Å². The molecule has 0 spiro atoms. The molecule has 3 heteroatoms. The fourth-order valence-corrected chi connectivity index (χ4v) is 6.18. The molecule has 40 heavy (non-hydrogen) atoms. The minimum atomic E-state index is 0.974.